The number of rotatable bonds is 9. The van der Waals surface area contributed by atoms with Crippen LogP contribution in [-0.2, 0) is 0 Å². The molecular formula is C16H32N2O. The van der Waals surface area contributed by atoms with Crippen molar-refractivity contribution in [1.82, 2.24) is 10.2 Å². The Morgan fingerprint density at radius 3 is 2.32 bits per heavy atom. The Kier molecular flexibility index (Phi) is 5.27. The van der Waals surface area contributed by atoms with Gasteiger partial charge in [0.25, 0.3) is 0 Å². The molecule has 0 bridgehead atoms. The van der Waals surface area contributed by atoms with Gasteiger partial charge in [-0.2, -0.15) is 0 Å². The van der Waals surface area contributed by atoms with E-state index in [0.29, 0.717) is 12.0 Å². The first kappa shape index (κ1) is 15.3. The topological polar surface area (TPSA) is 35.5 Å². The molecule has 2 saturated carbocycles. The van der Waals surface area contributed by atoms with Gasteiger partial charge in [0.05, 0.1) is 12.1 Å². The van der Waals surface area contributed by atoms with E-state index in [2.05, 4.69) is 31.0 Å². The van der Waals surface area contributed by atoms with E-state index in [1.165, 1.54) is 38.6 Å². The lowest BCUT2D eigenvalue weighted by atomic mass is 9.84. The molecule has 1 unspecified atom stereocenters. The molecule has 3 heteroatoms. The molecule has 2 aliphatic carbocycles. The Bertz CT molecular complexity index is 274. The maximum atomic E-state index is 10.00. The third-order valence-electron chi connectivity index (χ3n) is 4.91. The van der Waals surface area contributed by atoms with E-state index < -0.39 is 0 Å². The number of nitrogens with one attached hydrogen (secondary N) is 1. The van der Waals surface area contributed by atoms with Crippen molar-refractivity contribution >= 4 is 0 Å². The van der Waals surface area contributed by atoms with Crippen LogP contribution in [0.5, 0.6) is 0 Å². The van der Waals surface area contributed by atoms with E-state index >= 15 is 0 Å². The Hall–Kier alpha value is -0.120. The van der Waals surface area contributed by atoms with Crippen molar-refractivity contribution in [2.45, 2.75) is 64.5 Å². The summed E-state index contributed by atoms with van der Waals surface area (Å²) in [5, 5.41) is 13.7. The smallest absolute Gasteiger partial charge is 0.0628 e. The average molecular weight is 268 g/mol. The Morgan fingerprint density at radius 1 is 1.26 bits per heavy atom. The fourth-order valence-electron chi connectivity index (χ4n) is 3.47. The number of hydrogen-bond donors (Lipinski definition) is 2. The van der Waals surface area contributed by atoms with Crippen LogP contribution in [0.4, 0.5) is 0 Å². The molecule has 0 amide bonds. The number of aliphatic hydroxyl groups is 1. The minimum absolute atomic E-state index is 0.0616. The number of likely N-dealkylation sites (N-methyl/N-ethyl adjacent to an activating group) is 1. The second kappa shape index (κ2) is 6.55. The van der Waals surface area contributed by atoms with E-state index in [1.807, 2.05) is 0 Å². The molecule has 0 aromatic carbocycles. The highest BCUT2D eigenvalue weighted by Gasteiger charge is 2.46. The second-order valence-corrected chi connectivity index (χ2v) is 7.01. The molecule has 0 aromatic heterocycles. The first-order valence-electron chi connectivity index (χ1n) is 8.20. The van der Waals surface area contributed by atoms with Gasteiger partial charge < -0.3 is 15.3 Å². The summed E-state index contributed by atoms with van der Waals surface area (Å²) in [4.78, 5) is 2.56. The molecule has 2 fully saturated rings. The lowest BCUT2D eigenvalue weighted by Crippen LogP contribution is -2.60. The molecule has 19 heavy (non-hydrogen) atoms. The normalized spacial score (nSPS) is 23.7. The Morgan fingerprint density at radius 2 is 1.95 bits per heavy atom. The van der Waals surface area contributed by atoms with E-state index in [-0.39, 0.29) is 12.1 Å². The lowest BCUT2D eigenvalue weighted by Gasteiger charge is -2.41. The van der Waals surface area contributed by atoms with Crippen molar-refractivity contribution in [2.24, 2.45) is 11.8 Å². The van der Waals surface area contributed by atoms with Crippen molar-refractivity contribution < 1.29 is 5.11 Å². The number of nitrogens with zero attached hydrogens (tertiary/aromatic N) is 1. The number of aliphatic hydroxyl groups excluding tert-OH is 1. The van der Waals surface area contributed by atoms with Crippen LogP contribution < -0.4 is 5.32 Å². The van der Waals surface area contributed by atoms with E-state index in [4.69, 9.17) is 0 Å². The third kappa shape index (κ3) is 3.93. The van der Waals surface area contributed by atoms with Gasteiger partial charge in [-0.1, -0.05) is 27.2 Å². The van der Waals surface area contributed by atoms with E-state index in [0.717, 1.165) is 19.0 Å². The summed E-state index contributed by atoms with van der Waals surface area (Å²) in [5.41, 5.74) is -0.0616. The fourth-order valence-corrected chi connectivity index (χ4v) is 3.47. The van der Waals surface area contributed by atoms with Crippen LogP contribution in [0.25, 0.3) is 0 Å². The maximum absolute atomic E-state index is 10.00. The van der Waals surface area contributed by atoms with Gasteiger partial charge >= 0.3 is 0 Å². The van der Waals surface area contributed by atoms with Gasteiger partial charge in [-0.3, -0.25) is 0 Å². The standard InChI is InChI=1S/C16H32N2O/c1-4-18(10-14-6-5-7-14)11-16(12-19,15-8-9-15)17-13(2)3/h13-15,17,19H,4-12H2,1-3H3. The average Bonchev–Trinajstić information content (AvgIpc) is 3.14. The molecule has 2 aliphatic rings. The van der Waals surface area contributed by atoms with Gasteiger partial charge in [-0.25, -0.2) is 0 Å². The molecule has 0 saturated heterocycles. The molecule has 0 radical (unpaired) electrons. The van der Waals surface area contributed by atoms with Gasteiger partial charge in [0.1, 0.15) is 0 Å². The van der Waals surface area contributed by atoms with Gasteiger partial charge in [0.15, 0.2) is 0 Å². The largest absolute Gasteiger partial charge is 0.394 e. The van der Waals surface area contributed by atoms with Crippen LogP contribution in [0.2, 0.25) is 0 Å². The molecular weight excluding hydrogens is 236 g/mol. The molecule has 0 aromatic rings. The van der Waals surface area contributed by atoms with Crippen molar-refractivity contribution in [3.8, 4) is 0 Å². The zero-order chi connectivity index (χ0) is 13.9. The Balaban J connectivity index is 1.95. The molecule has 112 valence electrons. The molecule has 2 rings (SSSR count). The van der Waals surface area contributed by atoms with Crippen LogP contribution in [0, 0.1) is 11.8 Å². The molecule has 3 nitrogen and oxygen atoms in total. The van der Waals surface area contributed by atoms with Crippen LogP contribution in [0.1, 0.15) is 52.9 Å². The van der Waals surface area contributed by atoms with Crippen molar-refractivity contribution in [3.05, 3.63) is 0 Å². The minimum Gasteiger partial charge on any atom is -0.394 e. The van der Waals surface area contributed by atoms with Crippen LogP contribution in [-0.4, -0.2) is 47.8 Å². The molecule has 0 heterocycles. The van der Waals surface area contributed by atoms with Gasteiger partial charge in [0.2, 0.25) is 0 Å². The maximum Gasteiger partial charge on any atom is 0.0628 e. The van der Waals surface area contributed by atoms with E-state index in [1.54, 1.807) is 0 Å². The summed E-state index contributed by atoms with van der Waals surface area (Å²) in [7, 11) is 0. The predicted molar refractivity (Wildman–Crippen MR) is 80.3 cm³/mol. The second-order valence-electron chi connectivity index (χ2n) is 7.01. The van der Waals surface area contributed by atoms with Gasteiger partial charge in [-0.15, -0.1) is 0 Å². The first-order chi connectivity index (χ1) is 9.09. The van der Waals surface area contributed by atoms with Crippen molar-refractivity contribution in [2.75, 3.05) is 26.2 Å². The SMILES string of the molecule is CCN(CC1CCC1)CC(CO)(NC(C)C)C1CC1. The highest BCUT2D eigenvalue weighted by molar-refractivity contribution is 5.03. The molecule has 0 spiro atoms. The highest BCUT2D eigenvalue weighted by Crippen LogP contribution is 2.40. The summed E-state index contributed by atoms with van der Waals surface area (Å²) in [6.07, 6.45) is 6.79. The van der Waals surface area contributed by atoms with Crippen LogP contribution in [0.15, 0.2) is 0 Å². The quantitative estimate of drug-likeness (QED) is 0.673. The summed E-state index contributed by atoms with van der Waals surface area (Å²) < 4.78 is 0. The zero-order valence-corrected chi connectivity index (χ0v) is 13.0. The monoisotopic (exact) mass is 268 g/mol. The lowest BCUT2D eigenvalue weighted by molar-refractivity contribution is 0.0709. The minimum atomic E-state index is -0.0616. The summed E-state index contributed by atoms with van der Waals surface area (Å²) in [6.45, 7) is 10.2. The van der Waals surface area contributed by atoms with Gasteiger partial charge in [0, 0.05) is 19.1 Å². The summed E-state index contributed by atoms with van der Waals surface area (Å²) in [6, 6.07) is 0.440. The fraction of sp³-hybridized carbons (Fsp3) is 1.00. The highest BCUT2D eigenvalue weighted by atomic mass is 16.3. The third-order valence-corrected chi connectivity index (χ3v) is 4.91. The van der Waals surface area contributed by atoms with Crippen LogP contribution in [0.3, 0.4) is 0 Å². The van der Waals surface area contributed by atoms with Gasteiger partial charge in [-0.05, 0) is 44.1 Å². The molecule has 2 N–H and O–H groups in total. The molecule has 0 aliphatic heterocycles. The van der Waals surface area contributed by atoms with Crippen molar-refractivity contribution in [1.29, 1.82) is 0 Å². The van der Waals surface area contributed by atoms with Crippen molar-refractivity contribution in [3.63, 3.8) is 0 Å². The Labute approximate surface area is 118 Å². The summed E-state index contributed by atoms with van der Waals surface area (Å²) >= 11 is 0. The molecule has 1 atom stereocenters. The number of hydrogen-bond acceptors (Lipinski definition) is 3. The summed E-state index contributed by atoms with van der Waals surface area (Å²) in [5.74, 6) is 1.59. The predicted octanol–water partition coefficient (Wildman–Crippen LogP) is 2.25. The van der Waals surface area contributed by atoms with Crippen LogP contribution >= 0.6 is 0 Å². The van der Waals surface area contributed by atoms with E-state index in [9.17, 15) is 5.11 Å². The zero-order valence-electron chi connectivity index (χ0n) is 13.0. The first-order valence-corrected chi connectivity index (χ1v) is 8.20.